The third-order valence-corrected chi connectivity index (χ3v) is 2.86. The molecule has 1 atom stereocenters. The van der Waals surface area contributed by atoms with Crippen LogP contribution in [0.15, 0.2) is 6.20 Å². The van der Waals surface area contributed by atoms with Crippen LogP contribution in [0.2, 0.25) is 0 Å². The average molecular weight is 233 g/mol. The molecule has 1 aliphatic heterocycles. The molecular weight excluding hydrogens is 219 g/mol. The highest BCUT2D eigenvalue weighted by molar-refractivity contribution is 5.11. The first-order valence-electron chi connectivity index (χ1n) is 5.29. The zero-order valence-electron chi connectivity index (χ0n) is 9.01. The molecule has 2 heterocycles. The molecule has 1 fully saturated rings. The van der Waals surface area contributed by atoms with Crippen molar-refractivity contribution >= 4 is 0 Å². The molecule has 0 unspecified atom stereocenters. The summed E-state index contributed by atoms with van der Waals surface area (Å²) >= 11 is 0. The molecule has 1 N–H and O–H groups in total. The Labute approximate surface area is 91.7 Å². The Bertz CT molecular complexity index is 364. The Morgan fingerprint density at radius 1 is 1.50 bits per heavy atom. The quantitative estimate of drug-likeness (QED) is 0.803. The number of halogens is 3. The minimum atomic E-state index is -4.35. The van der Waals surface area contributed by atoms with Crippen LogP contribution in [0.3, 0.4) is 0 Å². The summed E-state index contributed by atoms with van der Waals surface area (Å²) in [4.78, 5) is 3.70. The van der Waals surface area contributed by atoms with E-state index >= 15 is 0 Å². The van der Waals surface area contributed by atoms with E-state index in [0.717, 1.165) is 25.6 Å². The smallest absolute Gasteiger partial charge is 0.337 e. The second-order valence-corrected chi connectivity index (χ2v) is 4.14. The summed E-state index contributed by atoms with van der Waals surface area (Å²) in [7, 11) is 1.62. The monoisotopic (exact) mass is 233 g/mol. The van der Waals surface area contributed by atoms with Gasteiger partial charge in [0.1, 0.15) is 5.82 Å². The fourth-order valence-electron chi connectivity index (χ4n) is 2.07. The minimum absolute atomic E-state index is 0.0925. The maximum Gasteiger partial charge on any atom is 0.434 e. The highest BCUT2D eigenvalue weighted by atomic mass is 19.4. The molecule has 0 spiro atoms. The Morgan fingerprint density at radius 3 is 2.75 bits per heavy atom. The number of piperidine rings is 1. The first-order chi connectivity index (χ1) is 7.48. The van der Waals surface area contributed by atoms with Crippen molar-refractivity contribution in [2.24, 2.45) is 7.05 Å². The largest absolute Gasteiger partial charge is 0.434 e. The van der Waals surface area contributed by atoms with Gasteiger partial charge in [0.05, 0.1) is 0 Å². The summed E-state index contributed by atoms with van der Waals surface area (Å²) in [5.41, 5.74) is -0.796. The van der Waals surface area contributed by atoms with Gasteiger partial charge in [-0.05, 0) is 19.4 Å². The summed E-state index contributed by atoms with van der Waals surface area (Å²) in [6, 6.07) is 0. The number of rotatable bonds is 1. The predicted octanol–water partition coefficient (Wildman–Crippen LogP) is 1.91. The highest BCUT2D eigenvalue weighted by Crippen LogP contribution is 2.30. The van der Waals surface area contributed by atoms with Gasteiger partial charge in [-0.15, -0.1) is 0 Å². The van der Waals surface area contributed by atoms with Crippen LogP contribution in [0.1, 0.15) is 30.3 Å². The molecule has 0 radical (unpaired) electrons. The number of alkyl halides is 3. The Kier molecular flexibility index (Phi) is 2.92. The van der Waals surface area contributed by atoms with Gasteiger partial charge in [-0.1, -0.05) is 0 Å². The van der Waals surface area contributed by atoms with E-state index in [2.05, 4.69) is 10.3 Å². The third-order valence-electron chi connectivity index (χ3n) is 2.86. The molecule has 90 valence electrons. The lowest BCUT2D eigenvalue weighted by atomic mass is 9.99. The summed E-state index contributed by atoms with van der Waals surface area (Å²) < 4.78 is 38.9. The van der Waals surface area contributed by atoms with Crippen molar-refractivity contribution in [3.63, 3.8) is 0 Å². The number of nitrogens with zero attached hydrogens (tertiary/aromatic N) is 2. The Morgan fingerprint density at radius 2 is 2.25 bits per heavy atom. The van der Waals surface area contributed by atoms with Crippen LogP contribution >= 0.6 is 0 Å². The van der Waals surface area contributed by atoms with Crippen molar-refractivity contribution in [1.82, 2.24) is 14.9 Å². The van der Waals surface area contributed by atoms with Gasteiger partial charge in [0.2, 0.25) is 0 Å². The van der Waals surface area contributed by atoms with Crippen LogP contribution in [-0.4, -0.2) is 22.6 Å². The molecule has 1 aliphatic rings. The van der Waals surface area contributed by atoms with Crippen LogP contribution in [-0.2, 0) is 13.2 Å². The van der Waals surface area contributed by atoms with Gasteiger partial charge in [0.15, 0.2) is 5.69 Å². The molecule has 1 aromatic rings. The molecule has 6 heteroatoms. The van der Waals surface area contributed by atoms with E-state index in [9.17, 15) is 13.2 Å². The molecule has 0 saturated carbocycles. The Balaban J connectivity index is 2.24. The van der Waals surface area contributed by atoms with Gasteiger partial charge in [0, 0.05) is 25.7 Å². The van der Waals surface area contributed by atoms with Crippen LogP contribution in [0.25, 0.3) is 0 Å². The predicted molar refractivity (Wildman–Crippen MR) is 53.1 cm³/mol. The van der Waals surface area contributed by atoms with Gasteiger partial charge in [-0.3, -0.25) is 0 Å². The first-order valence-corrected chi connectivity index (χ1v) is 5.29. The first kappa shape index (κ1) is 11.4. The van der Waals surface area contributed by atoms with E-state index in [-0.39, 0.29) is 5.92 Å². The van der Waals surface area contributed by atoms with Gasteiger partial charge in [-0.2, -0.15) is 13.2 Å². The van der Waals surface area contributed by atoms with Crippen LogP contribution in [0.4, 0.5) is 13.2 Å². The molecule has 1 aromatic heterocycles. The molecule has 0 bridgehead atoms. The molecule has 2 rings (SSSR count). The van der Waals surface area contributed by atoms with Crippen molar-refractivity contribution in [1.29, 1.82) is 0 Å². The van der Waals surface area contributed by atoms with Gasteiger partial charge < -0.3 is 9.88 Å². The van der Waals surface area contributed by atoms with E-state index in [1.165, 1.54) is 4.57 Å². The van der Waals surface area contributed by atoms with Crippen molar-refractivity contribution in [2.75, 3.05) is 13.1 Å². The Hall–Kier alpha value is -1.04. The van der Waals surface area contributed by atoms with Gasteiger partial charge in [0.25, 0.3) is 0 Å². The standard InChI is InChI=1S/C10H14F3N3/c1-16-6-8(10(11,12)13)15-9(16)7-3-2-4-14-5-7/h6-7,14H,2-5H2,1H3/t7-/m0/s1. The molecule has 0 aliphatic carbocycles. The fraction of sp³-hybridized carbons (Fsp3) is 0.700. The van der Waals surface area contributed by atoms with E-state index in [1.807, 2.05) is 0 Å². The zero-order chi connectivity index (χ0) is 11.8. The molecule has 16 heavy (non-hydrogen) atoms. The van der Waals surface area contributed by atoms with Crippen molar-refractivity contribution in [3.05, 3.63) is 17.7 Å². The number of imidazole rings is 1. The molecule has 3 nitrogen and oxygen atoms in total. The summed E-state index contributed by atoms with van der Waals surface area (Å²) in [5.74, 6) is 0.620. The lowest BCUT2D eigenvalue weighted by molar-refractivity contribution is -0.141. The van der Waals surface area contributed by atoms with E-state index < -0.39 is 11.9 Å². The number of aryl methyl sites for hydroxylation is 1. The average Bonchev–Trinajstić information content (AvgIpc) is 2.61. The van der Waals surface area contributed by atoms with Crippen molar-refractivity contribution in [3.8, 4) is 0 Å². The lowest BCUT2D eigenvalue weighted by Crippen LogP contribution is -2.29. The summed E-state index contributed by atoms with van der Waals surface area (Å²) in [5, 5.41) is 3.17. The van der Waals surface area contributed by atoms with Crippen LogP contribution < -0.4 is 5.32 Å². The molecule has 0 amide bonds. The number of nitrogens with one attached hydrogen (secondary N) is 1. The maximum atomic E-state index is 12.5. The van der Waals surface area contributed by atoms with Crippen LogP contribution in [0.5, 0.6) is 0 Å². The fourth-order valence-corrected chi connectivity index (χ4v) is 2.07. The highest BCUT2D eigenvalue weighted by Gasteiger charge is 2.35. The number of aromatic nitrogens is 2. The molecule has 1 saturated heterocycles. The normalized spacial score (nSPS) is 22.4. The summed E-state index contributed by atoms with van der Waals surface area (Å²) in [6.07, 6.45) is -1.41. The van der Waals surface area contributed by atoms with Gasteiger partial charge >= 0.3 is 6.18 Å². The van der Waals surface area contributed by atoms with Crippen molar-refractivity contribution in [2.45, 2.75) is 24.9 Å². The van der Waals surface area contributed by atoms with Gasteiger partial charge in [-0.25, -0.2) is 4.98 Å². The minimum Gasteiger partial charge on any atom is -0.337 e. The van der Waals surface area contributed by atoms with Crippen LogP contribution in [0, 0.1) is 0 Å². The second-order valence-electron chi connectivity index (χ2n) is 4.14. The maximum absolute atomic E-state index is 12.5. The summed E-state index contributed by atoms with van der Waals surface area (Å²) in [6.45, 7) is 1.65. The molecule has 0 aromatic carbocycles. The van der Waals surface area contributed by atoms with E-state index in [0.29, 0.717) is 12.4 Å². The SMILES string of the molecule is Cn1cc(C(F)(F)F)nc1[C@H]1CCCNC1. The van der Waals surface area contributed by atoms with E-state index in [1.54, 1.807) is 7.05 Å². The lowest BCUT2D eigenvalue weighted by Gasteiger charge is -2.22. The second kappa shape index (κ2) is 4.08. The van der Waals surface area contributed by atoms with Crippen molar-refractivity contribution < 1.29 is 13.2 Å². The third kappa shape index (κ3) is 2.21. The number of hydrogen-bond acceptors (Lipinski definition) is 2. The number of hydrogen-bond donors (Lipinski definition) is 1. The topological polar surface area (TPSA) is 29.9 Å². The van der Waals surface area contributed by atoms with E-state index in [4.69, 9.17) is 0 Å². The molecular formula is C10H14F3N3. The zero-order valence-corrected chi connectivity index (χ0v) is 9.01.